The van der Waals surface area contributed by atoms with Gasteiger partial charge in [0, 0.05) is 11.3 Å². The minimum Gasteiger partial charge on any atom is -0.375 e. The van der Waals surface area contributed by atoms with Gasteiger partial charge in [0.2, 0.25) is 0 Å². The Morgan fingerprint density at radius 2 is 2.10 bits per heavy atom. The summed E-state index contributed by atoms with van der Waals surface area (Å²) in [5.41, 5.74) is 7.40. The Kier molecular flexibility index (Phi) is 3.60. The smallest absolute Gasteiger partial charge is 0.255 e. The van der Waals surface area contributed by atoms with Crippen LogP contribution in [0.4, 0.5) is 15.2 Å². The summed E-state index contributed by atoms with van der Waals surface area (Å²) in [6, 6.07) is 9.45. The van der Waals surface area contributed by atoms with E-state index in [1.807, 2.05) is 0 Å². The summed E-state index contributed by atoms with van der Waals surface area (Å²) >= 11 is 4.40. The molecule has 0 bridgehead atoms. The maximum absolute atomic E-state index is 13.2. The molecule has 4 nitrogen and oxygen atoms in total. The first-order valence-electron chi connectivity index (χ1n) is 5.95. The van der Waals surface area contributed by atoms with Gasteiger partial charge in [-0.25, -0.2) is 9.37 Å². The predicted molar refractivity (Wildman–Crippen MR) is 86.1 cm³/mol. The summed E-state index contributed by atoms with van der Waals surface area (Å²) in [7, 11) is 0. The van der Waals surface area contributed by atoms with E-state index in [1.54, 1.807) is 18.2 Å². The molecule has 0 radical (unpaired) electrons. The van der Waals surface area contributed by atoms with Gasteiger partial charge >= 0.3 is 0 Å². The zero-order chi connectivity index (χ0) is 15.0. The van der Waals surface area contributed by atoms with Crippen LogP contribution in [-0.2, 0) is 0 Å². The van der Waals surface area contributed by atoms with E-state index in [0.717, 1.165) is 10.2 Å². The van der Waals surface area contributed by atoms with Crippen molar-refractivity contribution < 1.29 is 9.18 Å². The van der Waals surface area contributed by atoms with Gasteiger partial charge in [-0.2, -0.15) is 0 Å². The monoisotopic (exact) mass is 365 g/mol. The Balaban J connectivity index is 1.87. The summed E-state index contributed by atoms with van der Waals surface area (Å²) in [5, 5.41) is 3.18. The molecule has 3 rings (SSSR count). The van der Waals surface area contributed by atoms with Gasteiger partial charge in [-0.15, -0.1) is 0 Å². The number of carbonyl (C=O) groups is 1. The van der Waals surface area contributed by atoms with Gasteiger partial charge in [-0.1, -0.05) is 11.3 Å². The molecule has 0 aliphatic rings. The molecule has 0 atom stereocenters. The molecule has 1 aromatic heterocycles. The first-order chi connectivity index (χ1) is 10.0. The fraction of sp³-hybridized carbons (Fsp3) is 0. The lowest BCUT2D eigenvalue weighted by Gasteiger charge is -2.06. The maximum atomic E-state index is 13.2. The Hall–Kier alpha value is -1.99. The van der Waals surface area contributed by atoms with Gasteiger partial charge < -0.3 is 11.1 Å². The number of rotatable bonds is 2. The lowest BCUT2D eigenvalue weighted by Crippen LogP contribution is -2.11. The molecule has 0 aliphatic heterocycles. The number of anilines is 2. The number of fused-ring (bicyclic) bond motifs is 1. The van der Waals surface area contributed by atoms with Crippen molar-refractivity contribution in [3.8, 4) is 0 Å². The number of carbonyl (C=O) groups excluding carboxylic acids is 1. The first-order valence-corrected chi connectivity index (χ1v) is 7.56. The summed E-state index contributed by atoms with van der Waals surface area (Å²) in [6.07, 6.45) is 0. The van der Waals surface area contributed by atoms with E-state index < -0.39 is 0 Å². The third kappa shape index (κ3) is 2.88. The second kappa shape index (κ2) is 5.42. The molecule has 0 saturated heterocycles. The molecule has 0 spiro atoms. The topological polar surface area (TPSA) is 68.0 Å². The van der Waals surface area contributed by atoms with Gasteiger partial charge in [0.15, 0.2) is 5.13 Å². The first kappa shape index (κ1) is 14.0. The van der Waals surface area contributed by atoms with Gasteiger partial charge in [0.1, 0.15) is 5.82 Å². The number of hydrogen-bond acceptors (Lipinski definition) is 4. The van der Waals surface area contributed by atoms with Crippen LogP contribution in [0.25, 0.3) is 10.2 Å². The molecule has 2 aromatic carbocycles. The molecule has 0 saturated carbocycles. The molecular weight excluding hydrogens is 357 g/mol. The predicted octanol–water partition coefficient (Wildman–Crippen LogP) is 4.03. The quantitative estimate of drug-likeness (QED) is 0.720. The van der Waals surface area contributed by atoms with Crippen LogP contribution in [0.5, 0.6) is 0 Å². The van der Waals surface area contributed by atoms with Gasteiger partial charge in [0.05, 0.1) is 14.7 Å². The van der Waals surface area contributed by atoms with Crippen molar-refractivity contribution in [3.63, 3.8) is 0 Å². The van der Waals surface area contributed by atoms with E-state index in [-0.39, 0.29) is 11.7 Å². The number of thiazole rings is 1. The van der Waals surface area contributed by atoms with Crippen molar-refractivity contribution >= 4 is 54.2 Å². The van der Waals surface area contributed by atoms with E-state index in [1.165, 1.54) is 29.5 Å². The maximum Gasteiger partial charge on any atom is 0.255 e. The third-order valence-electron chi connectivity index (χ3n) is 2.84. The minimum atomic E-state index is -0.380. The number of hydrogen-bond donors (Lipinski definition) is 2. The fourth-order valence-electron chi connectivity index (χ4n) is 1.86. The highest BCUT2D eigenvalue weighted by atomic mass is 79.9. The number of benzene rings is 2. The molecule has 1 heterocycles. The highest BCUT2D eigenvalue weighted by molar-refractivity contribution is 9.10. The Morgan fingerprint density at radius 3 is 2.86 bits per heavy atom. The van der Waals surface area contributed by atoms with Crippen molar-refractivity contribution in [1.29, 1.82) is 0 Å². The van der Waals surface area contributed by atoms with Crippen molar-refractivity contribution in [1.82, 2.24) is 4.98 Å². The lowest BCUT2D eigenvalue weighted by molar-refractivity contribution is 0.102. The van der Waals surface area contributed by atoms with Gasteiger partial charge in [-0.05, 0) is 52.3 Å². The molecule has 0 aliphatic carbocycles. The number of nitrogens with two attached hydrogens (primary N) is 1. The van der Waals surface area contributed by atoms with E-state index in [4.69, 9.17) is 5.73 Å². The molecule has 1 amide bonds. The molecule has 0 unspecified atom stereocenters. The Labute approximate surface area is 131 Å². The summed E-state index contributed by atoms with van der Waals surface area (Å²) in [4.78, 5) is 16.3. The highest BCUT2D eigenvalue weighted by Crippen LogP contribution is 2.25. The molecule has 3 aromatic rings. The fourth-order valence-corrected chi connectivity index (χ4v) is 3.01. The Morgan fingerprint density at radius 1 is 1.29 bits per heavy atom. The molecule has 3 N–H and O–H groups in total. The van der Waals surface area contributed by atoms with Crippen LogP contribution in [0.1, 0.15) is 10.4 Å². The number of aromatic nitrogens is 1. The summed E-state index contributed by atoms with van der Waals surface area (Å²) in [5.74, 6) is -0.656. The average Bonchev–Trinajstić information content (AvgIpc) is 2.82. The number of nitrogens with one attached hydrogen (secondary N) is 1. The third-order valence-corrected chi connectivity index (χ3v) is 4.30. The summed E-state index contributed by atoms with van der Waals surface area (Å²) < 4.78 is 14.3. The number of amides is 1. The summed E-state index contributed by atoms with van der Waals surface area (Å²) in [6.45, 7) is 0. The normalized spacial score (nSPS) is 10.8. The van der Waals surface area contributed by atoms with Crippen LogP contribution in [0.2, 0.25) is 0 Å². The van der Waals surface area contributed by atoms with E-state index in [2.05, 4.69) is 26.2 Å². The van der Waals surface area contributed by atoms with Gasteiger partial charge in [0.25, 0.3) is 5.91 Å². The molecule has 0 fully saturated rings. The molecule has 7 heteroatoms. The van der Waals surface area contributed by atoms with Crippen LogP contribution in [0, 0.1) is 5.82 Å². The van der Waals surface area contributed by atoms with Crippen LogP contribution >= 0.6 is 27.3 Å². The molecule has 21 heavy (non-hydrogen) atoms. The molecular formula is C14H9BrFN3OS. The van der Waals surface area contributed by atoms with E-state index >= 15 is 0 Å². The highest BCUT2D eigenvalue weighted by Gasteiger charge is 2.10. The zero-order valence-corrected chi connectivity index (χ0v) is 13.0. The number of nitrogen functional groups attached to an aromatic ring is 1. The second-order valence-corrected chi connectivity index (χ2v) is 6.23. The zero-order valence-electron chi connectivity index (χ0n) is 10.6. The Bertz CT molecular complexity index is 849. The van der Waals surface area contributed by atoms with E-state index in [0.29, 0.717) is 20.9 Å². The molecule has 106 valence electrons. The van der Waals surface area contributed by atoms with Crippen LogP contribution in [0.15, 0.2) is 40.9 Å². The SMILES string of the molecule is Nc1nc2ccc(C(=O)Nc3ccc(F)c(Br)c3)cc2s1. The van der Waals surface area contributed by atoms with Crippen molar-refractivity contribution in [2.24, 2.45) is 0 Å². The largest absolute Gasteiger partial charge is 0.375 e. The number of nitrogens with zero attached hydrogens (tertiary/aromatic N) is 1. The number of halogens is 2. The second-order valence-electron chi connectivity index (χ2n) is 4.32. The average molecular weight is 366 g/mol. The van der Waals surface area contributed by atoms with Crippen molar-refractivity contribution in [3.05, 3.63) is 52.3 Å². The van der Waals surface area contributed by atoms with E-state index in [9.17, 15) is 9.18 Å². The van der Waals surface area contributed by atoms with Gasteiger partial charge in [-0.3, -0.25) is 4.79 Å². The lowest BCUT2D eigenvalue weighted by atomic mass is 10.2. The van der Waals surface area contributed by atoms with Crippen LogP contribution in [-0.4, -0.2) is 10.9 Å². The van der Waals surface area contributed by atoms with Crippen LogP contribution in [0.3, 0.4) is 0 Å². The van der Waals surface area contributed by atoms with Crippen LogP contribution < -0.4 is 11.1 Å². The minimum absolute atomic E-state index is 0.276. The standard InChI is InChI=1S/C14H9BrFN3OS/c15-9-6-8(2-3-10(9)16)18-13(20)7-1-4-11-12(5-7)21-14(17)19-11/h1-6H,(H2,17,19)(H,18,20). The van der Waals surface area contributed by atoms with Crippen molar-refractivity contribution in [2.75, 3.05) is 11.1 Å². The van der Waals surface area contributed by atoms with Crippen molar-refractivity contribution in [2.45, 2.75) is 0 Å².